The molecule has 0 saturated carbocycles. The number of rotatable bonds is 5. The van der Waals surface area contributed by atoms with Gasteiger partial charge in [-0.2, -0.15) is 0 Å². The van der Waals surface area contributed by atoms with Crippen LogP contribution in [0.25, 0.3) is 0 Å². The second-order valence-corrected chi connectivity index (χ2v) is 8.44. The highest BCUT2D eigenvalue weighted by atomic mass is 79.9. The van der Waals surface area contributed by atoms with Crippen molar-refractivity contribution in [3.63, 3.8) is 0 Å². The Morgan fingerprint density at radius 1 is 1.17 bits per heavy atom. The SMILES string of the molecule is CC(C(=O)O)N(c1ccc(Br)cc1Cl)S(=O)(=O)c1ccc(Cl)cc1. The normalized spacial score (nSPS) is 12.7. The van der Waals surface area contributed by atoms with Crippen molar-refractivity contribution in [3.8, 4) is 0 Å². The van der Waals surface area contributed by atoms with Crippen LogP contribution in [0.5, 0.6) is 0 Å². The van der Waals surface area contributed by atoms with Gasteiger partial charge in [0.25, 0.3) is 10.0 Å². The number of hydrogen-bond acceptors (Lipinski definition) is 3. The average Bonchev–Trinajstić information content (AvgIpc) is 2.49. The predicted molar refractivity (Wildman–Crippen MR) is 97.4 cm³/mol. The molecular formula is C15H12BrCl2NO4S. The number of halogens is 3. The zero-order valence-electron chi connectivity index (χ0n) is 12.3. The molecule has 24 heavy (non-hydrogen) atoms. The van der Waals surface area contributed by atoms with Gasteiger partial charge in [0.1, 0.15) is 6.04 Å². The molecular weight excluding hydrogens is 441 g/mol. The molecule has 5 nitrogen and oxygen atoms in total. The van der Waals surface area contributed by atoms with Gasteiger partial charge < -0.3 is 5.11 Å². The van der Waals surface area contributed by atoms with Crippen molar-refractivity contribution in [2.45, 2.75) is 17.9 Å². The Morgan fingerprint density at radius 3 is 2.25 bits per heavy atom. The van der Waals surface area contributed by atoms with Crippen molar-refractivity contribution in [1.29, 1.82) is 0 Å². The minimum absolute atomic E-state index is 0.0738. The van der Waals surface area contributed by atoms with E-state index in [1.165, 1.54) is 43.3 Å². The van der Waals surface area contributed by atoms with Crippen molar-refractivity contribution in [2.24, 2.45) is 0 Å². The van der Waals surface area contributed by atoms with Gasteiger partial charge in [-0.1, -0.05) is 39.1 Å². The van der Waals surface area contributed by atoms with Crippen LogP contribution < -0.4 is 4.31 Å². The Hall–Kier alpha value is -1.28. The van der Waals surface area contributed by atoms with Gasteiger partial charge in [-0.3, -0.25) is 4.31 Å². The Balaban J connectivity index is 2.66. The lowest BCUT2D eigenvalue weighted by molar-refractivity contribution is -0.137. The molecule has 0 bridgehead atoms. The third-order valence-electron chi connectivity index (χ3n) is 3.23. The third kappa shape index (κ3) is 3.85. The van der Waals surface area contributed by atoms with Crippen LogP contribution in [0.4, 0.5) is 5.69 Å². The number of hydrogen-bond donors (Lipinski definition) is 1. The molecule has 0 spiro atoms. The van der Waals surface area contributed by atoms with Crippen molar-refractivity contribution in [3.05, 3.63) is 57.0 Å². The van der Waals surface area contributed by atoms with E-state index < -0.39 is 22.0 Å². The number of benzene rings is 2. The van der Waals surface area contributed by atoms with Gasteiger partial charge >= 0.3 is 5.97 Å². The third-order valence-corrected chi connectivity index (χ3v) is 6.17. The average molecular weight is 453 g/mol. The number of carboxylic acids is 1. The Morgan fingerprint density at radius 2 is 1.75 bits per heavy atom. The summed E-state index contributed by atoms with van der Waals surface area (Å²) >= 11 is 15.2. The maximum absolute atomic E-state index is 13.0. The van der Waals surface area contributed by atoms with Gasteiger partial charge in [-0.05, 0) is 49.4 Å². The summed E-state index contributed by atoms with van der Waals surface area (Å²) in [6, 6.07) is 8.62. The molecule has 9 heteroatoms. The van der Waals surface area contributed by atoms with Crippen molar-refractivity contribution >= 4 is 60.8 Å². The van der Waals surface area contributed by atoms with Gasteiger partial charge in [0.15, 0.2) is 0 Å². The largest absolute Gasteiger partial charge is 0.480 e. The van der Waals surface area contributed by atoms with Crippen molar-refractivity contribution < 1.29 is 18.3 Å². The highest BCUT2D eigenvalue weighted by Gasteiger charge is 2.34. The number of aliphatic carboxylic acids is 1. The zero-order chi connectivity index (χ0) is 18.1. The van der Waals surface area contributed by atoms with Crippen LogP contribution in [-0.4, -0.2) is 25.5 Å². The lowest BCUT2D eigenvalue weighted by Gasteiger charge is -2.28. The highest BCUT2D eigenvalue weighted by Crippen LogP contribution is 2.34. The van der Waals surface area contributed by atoms with E-state index in [1.807, 2.05) is 0 Å². The zero-order valence-corrected chi connectivity index (χ0v) is 16.2. The standard InChI is InChI=1S/C15H12BrCl2NO4S/c1-9(15(20)21)19(14-7-2-10(16)8-13(14)18)24(22,23)12-5-3-11(17)4-6-12/h2-9H,1H3,(H,20,21). The molecule has 0 aromatic heterocycles. The molecule has 0 aliphatic carbocycles. The van der Waals surface area contributed by atoms with E-state index in [-0.39, 0.29) is 15.6 Å². The van der Waals surface area contributed by atoms with Gasteiger partial charge in [0.05, 0.1) is 15.6 Å². The van der Waals surface area contributed by atoms with Crippen LogP contribution in [0.2, 0.25) is 10.0 Å². The Kier molecular flexibility index (Phi) is 5.80. The molecule has 0 fully saturated rings. The summed E-state index contributed by atoms with van der Waals surface area (Å²) in [5, 5.41) is 9.81. The van der Waals surface area contributed by atoms with Gasteiger partial charge in [0.2, 0.25) is 0 Å². The molecule has 0 aliphatic heterocycles. The van der Waals surface area contributed by atoms with Crippen LogP contribution in [0.1, 0.15) is 6.92 Å². The first-order valence-electron chi connectivity index (χ1n) is 6.62. The number of sulfonamides is 1. The Bertz CT molecular complexity index is 872. The number of carbonyl (C=O) groups is 1. The van der Waals surface area contributed by atoms with E-state index in [0.29, 0.717) is 9.50 Å². The van der Waals surface area contributed by atoms with Crippen LogP contribution in [-0.2, 0) is 14.8 Å². The number of anilines is 1. The summed E-state index contributed by atoms with van der Waals surface area (Å²) in [5.74, 6) is -1.30. The molecule has 0 saturated heterocycles. The minimum Gasteiger partial charge on any atom is -0.480 e. The molecule has 0 radical (unpaired) electrons. The maximum atomic E-state index is 13.0. The van der Waals surface area contributed by atoms with E-state index in [1.54, 1.807) is 6.07 Å². The minimum atomic E-state index is -4.16. The fourth-order valence-electron chi connectivity index (χ4n) is 2.03. The first-order valence-corrected chi connectivity index (χ1v) is 9.61. The smallest absolute Gasteiger partial charge is 0.327 e. The summed E-state index contributed by atoms with van der Waals surface area (Å²) in [4.78, 5) is 11.4. The highest BCUT2D eigenvalue weighted by molar-refractivity contribution is 9.10. The fraction of sp³-hybridized carbons (Fsp3) is 0.133. The molecule has 0 heterocycles. The summed E-state index contributed by atoms with van der Waals surface area (Å²) < 4.78 is 27.4. The Labute approximate surface area is 158 Å². The lowest BCUT2D eigenvalue weighted by atomic mass is 10.2. The molecule has 128 valence electrons. The molecule has 1 unspecified atom stereocenters. The second kappa shape index (κ2) is 7.31. The van der Waals surface area contributed by atoms with Crippen LogP contribution in [0.15, 0.2) is 51.8 Å². The van der Waals surface area contributed by atoms with Crippen LogP contribution in [0, 0.1) is 0 Å². The van der Waals surface area contributed by atoms with Crippen molar-refractivity contribution in [2.75, 3.05) is 4.31 Å². The van der Waals surface area contributed by atoms with Gasteiger partial charge in [-0.25, -0.2) is 13.2 Å². The van der Waals surface area contributed by atoms with Gasteiger partial charge in [0, 0.05) is 9.50 Å². The summed E-state index contributed by atoms with van der Waals surface area (Å²) in [6.07, 6.45) is 0. The molecule has 0 amide bonds. The summed E-state index contributed by atoms with van der Waals surface area (Å²) in [6.45, 7) is 1.27. The van der Waals surface area contributed by atoms with Crippen LogP contribution in [0.3, 0.4) is 0 Å². The molecule has 1 atom stereocenters. The van der Waals surface area contributed by atoms with E-state index in [4.69, 9.17) is 23.2 Å². The van der Waals surface area contributed by atoms with Crippen molar-refractivity contribution in [1.82, 2.24) is 0 Å². The molecule has 0 aliphatic rings. The summed E-state index contributed by atoms with van der Waals surface area (Å²) in [7, 11) is -4.16. The first kappa shape index (κ1) is 19.1. The topological polar surface area (TPSA) is 74.7 Å². The quantitative estimate of drug-likeness (QED) is 0.728. The second-order valence-electron chi connectivity index (χ2n) is 4.86. The van der Waals surface area contributed by atoms with Crippen LogP contribution >= 0.6 is 39.1 Å². The summed E-state index contributed by atoms with van der Waals surface area (Å²) in [5.41, 5.74) is 0.0738. The lowest BCUT2D eigenvalue weighted by Crippen LogP contribution is -2.43. The number of nitrogens with zero attached hydrogens (tertiary/aromatic N) is 1. The van der Waals surface area contributed by atoms with E-state index in [2.05, 4.69) is 15.9 Å². The van der Waals surface area contributed by atoms with E-state index in [9.17, 15) is 18.3 Å². The molecule has 2 aromatic carbocycles. The van der Waals surface area contributed by atoms with Gasteiger partial charge in [-0.15, -0.1) is 0 Å². The maximum Gasteiger partial charge on any atom is 0.327 e. The van der Waals surface area contributed by atoms with E-state index in [0.717, 1.165) is 4.31 Å². The number of carboxylic acid groups (broad SMARTS) is 1. The van der Waals surface area contributed by atoms with E-state index >= 15 is 0 Å². The molecule has 2 aromatic rings. The molecule has 1 N–H and O–H groups in total. The fourth-order valence-corrected chi connectivity index (χ4v) is 4.60. The first-order chi connectivity index (χ1) is 11.1. The monoisotopic (exact) mass is 451 g/mol. The molecule has 2 rings (SSSR count). The predicted octanol–water partition coefficient (Wildman–Crippen LogP) is 4.42.